The highest BCUT2D eigenvalue weighted by molar-refractivity contribution is 6.10. The number of halogens is 1. The van der Waals surface area contributed by atoms with Crippen LogP contribution < -0.4 is 21.3 Å². The molecule has 0 spiro atoms. The summed E-state index contributed by atoms with van der Waals surface area (Å²) < 4.78 is 13.7. The van der Waals surface area contributed by atoms with Gasteiger partial charge in [-0.2, -0.15) is 20.4 Å². The summed E-state index contributed by atoms with van der Waals surface area (Å²) in [5.41, 5.74) is 7.38. The Morgan fingerprint density at radius 2 is 0.628 bits per heavy atom. The Morgan fingerprint density at radius 1 is 0.354 bits per heavy atom. The van der Waals surface area contributed by atoms with Gasteiger partial charge >= 0.3 is 0 Å². The van der Waals surface area contributed by atoms with E-state index in [-0.39, 0.29) is 29.1 Å². The summed E-state index contributed by atoms with van der Waals surface area (Å²) >= 11 is 0. The Hall–Kier alpha value is -13.2. The van der Waals surface area contributed by atoms with Gasteiger partial charge in [-0.05, 0) is 224 Å². The van der Waals surface area contributed by atoms with Crippen molar-refractivity contribution in [1.82, 2.24) is 80.7 Å². The number of aromatic nitrogens is 16. The molecule has 24 nitrogen and oxygen atoms in total. The quantitative estimate of drug-likeness (QED) is 0.0329. The number of Topliss-reactive ketones (excluding diaryl/α,β-unsaturated/α-hetero) is 4. The zero-order valence-electron chi connectivity index (χ0n) is 62.7. The molecule has 25 heteroatoms. The van der Waals surface area contributed by atoms with Crippen molar-refractivity contribution in [2.75, 3.05) is 21.3 Å². The number of hydrogen-bond acceptors (Lipinski definition) is 20. The molecule has 12 aromatic heterocycles. The molecule has 566 valence electrons. The lowest BCUT2D eigenvalue weighted by Crippen LogP contribution is -2.37. The van der Waals surface area contributed by atoms with Gasteiger partial charge in [-0.25, -0.2) is 24.3 Å². The zero-order valence-corrected chi connectivity index (χ0v) is 62.7. The number of nitrogens with one attached hydrogen (secondary N) is 8. The molecule has 4 aromatic carbocycles. The van der Waals surface area contributed by atoms with Crippen molar-refractivity contribution in [3.05, 3.63) is 218 Å². The van der Waals surface area contributed by atoms with Gasteiger partial charge in [0.2, 0.25) is 0 Å². The van der Waals surface area contributed by atoms with Gasteiger partial charge in [0.1, 0.15) is 51.7 Å². The fourth-order valence-corrected chi connectivity index (χ4v) is 16.7. The molecular weight excluding hydrogens is 1420 g/mol. The van der Waals surface area contributed by atoms with E-state index in [4.69, 9.17) is 0 Å². The average molecular weight is 1500 g/mol. The van der Waals surface area contributed by atoms with E-state index in [0.717, 1.165) is 161 Å². The molecule has 113 heavy (non-hydrogen) atoms. The number of fused-ring (bicyclic) bond motifs is 8. The number of ketones is 4. The molecule has 8 N–H and O–H groups in total. The van der Waals surface area contributed by atoms with Gasteiger partial charge in [0.25, 0.3) is 0 Å². The standard InChI is InChI=1S/C22H20FN5O.3C22H21N5O/c1-22(23)11-13(12-22)9-18(29)19-16-5-4-15(10-14(16)6-8-24-19)26-21-17-3-2-7-25-20(17)27-28-21;2*1-13-9-14(10-13)11-19(28)20-17-5-4-16(12-15(17)6-8-23-20)25-22-18-3-2-7-24-21(18)26-27-22;28-19(12-14-4-1-2-5-14)20-17-8-7-16(13-15(17)9-11-23-20)25-22-18-6-3-10-24-21(18)26-27-22/h2-8,10,13H,9,11-12H2,1H3,(H2,25,26,27,28);2*2-8,12-14H,9-11H2,1H3,(H2,24,25,26,27);3,6-11,13-14H,1-2,4-5,12H2,(H2,24,25,26,27). The first kappa shape index (κ1) is 72.7. The maximum Gasteiger partial charge on any atom is 0.183 e. The summed E-state index contributed by atoms with van der Waals surface area (Å²) in [7, 11) is 0. The van der Waals surface area contributed by atoms with Crippen molar-refractivity contribution >= 4 is 156 Å². The van der Waals surface area contributed by atoms with E-state index in [9.17, 15) is 23.6 Å². The summed E-state index contributed by atoms with van der Waals surface area (Å²) in [5, 5.41) is 53.3. The lowest BCUT2D eigenvalue weighted by molar-refractivity contribution is 0.0220. The number of rotatable bonds is 20. The van der Waals surface area contributed by atoms with Crippen LogP contribution in [0.1, 0.15) is 153 Å². The highest BCUT2D eigenvalue weighted by atomic mass is 19.1. The number of nitrogens with zero attached hydrogens (tertiary/aromatic N) is 12. The topological polar surface area (TPSA) is 334 Å². The van der Waals surface area contributed by atoms with E-state index >= 15 is 0 Å². The SMILES string of the molecule is CC1(F)CC(CC(=O)c2nccc3cc(Nc4[nH]nc5ncccc45)ccc23)C1.CC1CC(CC(=O)c2nccc3cc(Nc4[nH]nc5ncccc45)ccc23)C1.CC1CC(CC(=O)c2nccc3cc(Nc4[nH]nc5ncccc45)ccc23)C1.O=C(CC1CCCC1)c1nccc2cc(Nc3[nH]nc4ncccc34)ccc12. The molecule has 0 unspecified atom stereocenters. The van der Waals surface area contributed by atoms with Gasteiger partial charge < -0.3 is 21.3 Å². The molecule has 0 saturated heterocycles. The molecule has 20 rings (SSSR count). The summed E-state index contributed by atoms with van der Waals surface area (Å²) in [6.07, 6.45) is 26.2. The largest absolute Gasteiger partial charge is 0.340 e. The smallest absolute Gasteiger partial charge is 0.183 e. The van der Waals surface area contributed by atoms with Crippen molar-refractivity contribution in [2.45, 2.75) is 116 Å². The van der Waals surface area contributed by atoms with Crippen molar-refractivity contribution in [2.24, 2.45) is 35.5 Å². The second kappa shape index (κ2) is 31.7. The molecule has 0 amide bonds. The van der Waals surface area contributed by atoms with Crippen molar-refractivity contribution in [3.8, 4) is 0 Å². The predicted molar refractivity (Wildman–Crippen MR) is 439 cm³/mol. The molecular formula is C88H83FN20O4. The Morgan fingerprint density at radius 3 is 0.903 bits per heavy atom. The third-order valence-electron chi connectivity index (χ3n) is 22.3. The number of aromatic amines is 4. The molecule has 12 heterocycles. The number of carbonyl (C=O) groups excluding carboxylic acids is 4. The van der Waals surface area contributed by atoms with Crippen LogP contribution in [0.2, 0.25) is 0 Å². The summed E-state index contributed by atoms with van der Waals surface area (Å²) in [4.78, 5) is 85.5. The lowest BCUT2D eigenvalue weighted by Gasteiger charge is -2.38. The number of H-pyrrole nitrogens is 4. The number of pyridine rings is 8. The van der Waals surface area contributed by atoms with E-state index in [1.54, 1.807) is 56.5 Å². The summed E-state index contributed by atoms with van der Waals surface area (Å²) in [6, 6.07) is 46.8. The van der Waals surface area contributed by atoms with E-state index in [1.165, 1.54) is 12.8 Å². The molecule has 0 atom stereocenters. The van der Waals surface area contributed by atoms with Crippen LogP contribution in [0.5, 0.6) is 0 Å². The third kappa shape index (κ3) is 16.1. The van der Waals surface area contributed by atoms with Crippen LogP contribution in [0.4, 0.5) is 50.4 Å². The first-order chi connectivity index (χ1) is 55.1. The number of alkyl halides is 1. The normalized spacial score (nSPS) is 18.5. The van der Waals surface area contributed by atoms with Crippen molar-refractivity contribution in [3.63, 3.8) is 0 Å². The van der Waals surface area contributed by atoms with Crippen LogP contribution in [0.3, 0.4) is 0 Å². The molecule has 4 aliphatic carbocycles. The predicted octanol–water partition coefficient (Wildman–Crippen LogP) is 19.7. The van der Waals surface area contributed by atoms with E-state index in [1.807, 2.05) is 146 Å². The van der Waals surface area contributed by atoms with Crippen LogP contribution in [-0.4, -0.2) is 109 Å². The fraction of sp³-hybridized carbons (Fsp3) is 0.273. The Labute approximate surface area is 648 Å². The van der Waals surface area contributed by atoms with Gasteiger partial charge in [0, 0.05) is 120 Å². The third-order valence-corrected chi connectivity index (χ3v) is 22.3. The molecule has 0 bridgehead atoms. The maximum atomic E-state index is 13.7. The zero-order chi connectivity index (χ0) is 77.1. The van der Waals surface area contributed by atoms with Gasteiger partial charge in [0.15, 0.2) is 45.7 Å². The Bertz CT molecular complexity index is 6060. The fourth-order valence-electron chi connectivity index (χ4n) is 16.7. The van der Waals surface area contributed by atoms with Gasteiger partial charge in [-0.1, -0.05) is 63.8 Å². The van der Waals surface area contributed by atoms with Crippen LogP contribution in [0.25, 0.3) is 87.2 Å². The number of anilines is 8. The first-order valence-electron chi connectivity index (χ1n) is 38.7. The van der Waals surface area contributed by atoms with Crippen LogP contribution >= 0.6 is 0 Å². The molecule has 0 aliphatic heterocycles. The number of hydrogen-bond donors (Lipinski definition) is 8. The Kier molecular flexibility index (Phi) is 20.4. The average Bonchev–Trinajstić information content (AvgIpc) is 1.37. The minimum absolute atomic E-state index is 0.0255. The summed E-state index contributed by atoms with van der Waals surface area (Å²) in [5.74, 6) is 6.75. The summed E-state index contributed by atoms with van der Waals surface area (Å²) in [6.45, 7) is 6.08. The van der Waals surface area contributed by atoms with Gasteiger partial charge in [0.05, 0.1) is 21.5 Å². The highest BCUT2D eigenvalue weighted by Crippen LogP contribution is 2.44. The lowest BCUT2D eigenvalue weighted by atomic mass is 9.71. The molecule has 4 aliphatic rings. The number of carbonyl (C=O) groups is 4. The highest BCUT2D eigenvalue weighted by Gasteiger charge is 2.41. The van der Waals surface area contributed by atoms with Crippen LogP contribution in [-0.2, 0) is 0 Å². The molecule has 4 saturated carbocycles. The van der Waals surface area contributed by atoms with Gasteiger partial charge in [-0.3, -0.25) is 59.5 Å². The van der Waals surface area contributed by atoms with E-state index < -0.39 is 5.67 Å². The van der Waals surface area contributed by atoms with Gasteiger partial charge in [-0.15, -0.1) is 0 Å². The van der Waals surface area contributed by atoms with Crippen LogP contribution in [0, 0.1) is 35.5 Å². The van der Waals surface area contributed by atoms with E-state index in [0.29, 0.717) is 102 Å². The minimum Gasteiger partial charge on any atom is -0.340 e. The molecule has 4 fully saturated rings. The second-order valence-corrected chi connectivity index (χ2v) is 31.0. The maximum absolute atomic E-state index is 13.7. The second-order valence-electron chi connectivity index (χ2n) is 31.0. The minimum atomic E-state index is -1.12. The van der Waals surface area contributed by atoms with Crippen molar-refractivity contribution < 1.29 is 23.6 Å². The number of benzene rings is 4. The monoisotopic (exact) mass is 1500 g/mol. The first-order valence-corrected chi connectivity index (χ1v) is 38.7. The van der Waals surface area contributed by atoms with Crippen LogP contribution in [0.15, 0.2) is 195 Å². The van der Waals surface area contributed by atoms with Crippen molar-refractivity contribution in [1.29, 1.82) is 0 Å². The molecule has 16 aromatic rings. The van der Waals surface area contributed by atoms with E-state index in [2.05, 4.69) is 116 Å². The molecule has 0 radical (unpaired) electrons. The Balaban J connectivity index is 0.000000109.